The van der Waals surface area contributed by atoms with Crippen LogP contribution in [0.15, 0.2) is 34.3 Å². The first-order valence-corrected chi connectivity index (χ1v) is 9.12. The zero-order chi connectivity index (χ0) is 16.8. The van der Waals surface area contributed by atoms with E-state index < -0.39 is 0 Å². The highest BCUT2D eigenvalue weighted by Gasteiger charge is 2.34. The van der Waals surface area contributed by atoms with E-state index in [9.17, 15) is 0 Å². The number of hydrogen-bond donors (Lipinski definition) is 2. The number of ether oxygens (including phenoxy) is 1. The first-order chi connectivity index (χ1) is 11.7. The van der Waals surface area contributed by atoms with E-state index in [4.69, 9.17) is 15.5 Å². The van der Waals surface area contributed by atoms with Gasteiger partial charge in [0, 0.05) is 6.42 Å². The lowest BCUT2D eigenvalue weighted by Crippen LogP contribution is -2.47. The molecule has 0 atom stereocenters. The third kappa shape index (κ3) is 4.28. The second-order valence-electron chi connectivity index (χ2n) is 6.75. The molecule has 0 saturated heterocycles. The minimum Gasteiger partial charge on any atom is -0.494 e. The lowest BCUT2D eigenvalue weighted by molar-refractivity contribution is 0.306. The van der Waals surface area contributed by atoms with Crippen molar-refractivity contribution in [3.63, 3.8) is 0 Å². The van der Waals surface area contributed by atoms with Gasteiger partial charge in [-0.3, -0.25) is 0 Å². The summed E-state index contributed by atoms with van der Waals surface area (Å²) in [5, 5.41) is 3.14. The molecule has 1 aliphatic carbocycles. The fourth-order valence-electron chi connectivity index (χ4n) is 3.36. The van der Waals surface area contributed by atoms with E-state index in [-0.39, 0.29) is 5.66 Å². The second kappa shape index (κ2) is 7.69. The van der Waals surface area contributed by atoms with Crippen molar-refractivity contribution in [2.75, 3.05) is 6.61 Å². The number of guanidine groups is 1. The van der Waals surface area contributed by atoms with Crippen LogP contribution >= 0.6 is 0 Å². The fourth-order valence-corrected chi connectivity index (χ4v) is 3.36. The van der Waals surface area contributed by atoms with Gasteiger partial charge in [0.15, 0.2) is 11.6 Å². The molecule has 0 unspecified atom stereocenters. The maximum Gasteiger partial charge on any atom is 0.196 e. The Morgan fingerprint density at radius 2 is 1.88 bits per heavy atom. The van der Waals surface area contributed by atoms with Gasteiger partial charge in [-0.15, -0.1) is 0 Å². The standard InChI is InChI=1S/C19H28N4O/c1-2-3-13-24-16-9-7-15(8-10-16)14-17-21-18(20)23-19(22-17)11-5-4-6-12-19/h7-10H,2-6,11-14H2,1H3,(H3,20,21,22,23). The second-order valence-corrected chi connectivity index (χ2v) is 6.75. The van der Waals surface area contributed by atoms with Crippen molar-refractivity contribution in [3.8, 4) is 5.75 Å². The van der Waals surface area contributed by atoms with Crippen LogP contribution in [-0.4, -0.2) is 24.1 Å². The normalized spacial score (nSPS) is 19.4. The molecule has 24 heavy (non-hydrogen) atoms. The molecule has 5 nitrogen and oxygen atoms in total. The lowest BCUT2D eigenvalue weighted by atomic mass is 9.89. The highest BCUT2D eigenvalue weighted by Crippen LogP contribution is 2.34. The summed E-state index contributed by atoms with van der Waals surface area (Å²) in [4.78, 5) is 9.51. The summed E-state index contributed by atoms with van der Waals surface area (Å²) >= 11 is 0. The van der Waals surface area contributed by atoms with E-state index in [0.717, 1.165) is 50.3 Å². The van der Waals surface area contributed by atoms with E-state index in [1.165, 1.54) is 24.8 Å². The molecule has 0 bridgehead atoms. The molecule has 1 aliphatic heterocycles. The van der Waals surface area contributed by atoms with Gasteiger partial charge < -0.3 is 15.8 Å². The van der Waals surface area contributed by atoms with Gasteiger partial charge in [0.25, 0.3) is 0 Å². The number of nitrogens with zero attached hydrogens (tertiary/aromatic N) is 2. The molecule has 1 spiro atoms. The van der Waals surface area contributed by atoms with E-state index in [2.05, 4.69) is 29.4 Å². The van der Waals surface area contributed by atoms with Gasteiger partial charge in [-0.1, -0.05) is 31.9 Å². The van der Waals surface area contributed by atoms with Crippen LogP contribution in [-0.2, 0) is 6.42 Å². The van der Waals surface area contributed by atoms with Crippen molar-refractivity contribution < 1.29 is 4.74 Å². The highest BCUT2D eigenvalue weighted by molar-refractivity contribution is 6.01. The first kappa shape index (κ1) is 16.8. The summed E-state index contributed by atoms with van der Waals surface area (Å²) in [6.45, 7) is 2.94. The maximum atomic E-state index is 6.01. The van der Waals surface area contributed by atoms with Gasteiger partial charge in [-0.25, -0.2) is 9.98 Å². The van der Waals surface area contributed by atoms with E-state index >= 15 is 0 Å². The Morgan fingerprint density at radius 3 is 2.58 bits per heavy atom. The third-order valence-electron chi connectivity index (χ3n) is 4.66. The smallest absolute Gasteiger partial charge is 0.196 e. The highest BCUT2D eigenvalue weighted by atomic mass is 16.5. The van der Waals surface area contributed by atoms with E-state index in [1.54, 1.807) is 0 Å². The SMILES string of the molecule is CCCCOc1ccc(CC2=NC3(CCCCC3)N=C(N)N2)cc1. The van der Waals surface area contributed by atoms with Gasteiger partial charge >= 0.3 is 0 Å². The van der Waals surface area contributed by atoms with Gasteiger partial charge in [-0.05, 0) is 49.8 Å². The molecule has 1 aromatic carbocycles. The summed E-state index contributed by atoms with van der Waals surface area (Å²) in [6, 6.07) is 8.26. The van der Waals surface area contributed by atoms with Crippen LogP contribution in [0.25, 0.3) is 0 Å². The van der Waals surface area contributed by atoms with Crippen LogP contribution in [0, 0.1) is 0 Å². The zero-order valence-electron chi connectivity index (χ0n) is 14.6. The Morgan fingerprint density at radius 1 is 1.12 bits per heavy atom. The molecule has 5 heteroatoms. The molecular weight excluding hydrogens is 300 g/mol. The zero-order valence-corrected chi connectivity index (χ0v) is 14.6. The Bertz CT molecular complexity index is 600. The fraction of sp³-hybridized carbons (Fsp3) is 0.579. The van der Waals surface area contributed by atoms with Crippen molar-refractivity contribution in [2.45, 2.75) is 64.0 Å². The van der Waals surface area contributed by atoms with E-state index in [0.29, 0.717) is 5.96 Å². The molecule has 0 aromatic heterocycles. The van der Waals surface area contributed by atoms with Crippen molar-refractivity contribution in [1.29, 1.82) is 0 Å². The van der Waals surface area contributed by atoms with Crippen LogP contribution in [0.5, 0.6) is 5.75 Å². The molecule has 1 fully saturated rings. The number of unbranched alkanes of at least 4 members (excludes halogenated alkanes) is 1. The van der Waals surface area contributed by atoms with Crippen LogP contribution in [0.2, 0.25) is 0 Å². The Hall–Kier alpha value is -2.04. The van der Waals surface area contributed by atoms with Gasteiger partial charge in [0.05, 0.1) is 6.61 Å². The third-order valence-corrected chi connectivity index (χ3v) is 4.66. The topological polar surface area (TPSA) is 72.0 Å². The minimum absolute atomic E-state index is 0.313. The molecule has 1 heterocycles. The first-order valence-electron chi connectivity index (χ1n) is 9.12. The number of nitrogens with two attached hydrogens (primary N) is 1. The van der Waals surface area contributed by atoms with Crippen LogP contribution in [0.1, 0.15) is 57.4 Å². The van der Waals surface area contributed by atoms with Crippen LogP contribution in [0.4, 0.5) is 0 Å². The van der Waals surface area contributed by atoms with Crippen molar-refractivity contribution in [1.82, 2.24) is 5.32 Å². The molecule has 3 N–H and O–H groups in total. The average Bonchev–Trinajstić information content (AvgIpc) is 2.56. The van der Waals surface area contributed by atoms with Crippen molar-refractivity contribution in [3.05, 3.63) is 29.8 Å². The van der Waals surface area contributed by atoms with Gasteiger partial charge in [0.1, 0.15) is 11.6 Å². The average molecular weight is 328 g/mol. The molecular formula is C19H28N4O. The monoisotopic (exact) mass is 328 g/mol. The minimum atomic E-state index is -0.313. The van der Waals surface area contributed by atoms with E-state index in [1.807, 2.05) is 12.1 Å². The predicted molar refractivity (Wildman–Crippen MR) is 98.6 cm³/mol. The Labute approximate surface area is 144 Å². The predicted octanol–water partition coefficient (Wildman–Crippen LogP) is 3.38. The number of nitrogens with one attached hydrogen (secondary N) is 1. The summed E-state index contributed by atoms with van der Waals surface area (Å²) in [5.41, 5.74) is 6.90. The Kier molecular flexibility index (Phi) is 5.38. The number of benzene rings is 1. The number of rotatable bonds is 6. The maximum absolute atomic E-state index is 6.01. The quantitative estimate of drug-likeness (QED) is 0.786. The lowest BCUT2D eigenvalue weighted by Gasteiger charge is -2.34. The largest absolute Gasteiger partial charge is 0.494 e. The molecule has 3 rings (SSSR count). The summed E-state index contributed by atoms with van der Waals surface area (Å²) in [7, 11) is 0. The number of amidine groups is 1. The summed E-state index contributed by atoms with van der Waals surface area (Å²) in [6.07, 6.45) is 8.61. The van der Waals surface area contributed by atoms with Gasteiger partial charge in [-0.2, -0.15) is 0 Å². The summed E-state index contributed by atoms with van der Waals surface area (Å²) < 4.78 is 5.71. The number of aliphatic imine (C=N–C) groups is 2. The molecule has 2 aliphatic rings. The van der Waals surface area contributed by atoms with Crippen molar-refractivity contribution >= 4 is 11.8 Å². The number of hydrogen-bond acceptors (Lipinski definition) is 5. The van der Waals surface area contributed by atoms with Crippen LogP contribution in [0.3, 0.4) is 0 Å². The molecule has 1 saturated carbocycles. The molecule has 130 valence electrons. The Balaban J connectivity index is 1.64. The van der Waals surface area contributed by atoms with Crippen molar-refractivity contribution in [2.24, 2.45) is 15.7 Å². The molecule has 1 aromatic rings. The molecule has 0 radical (unpaired) electrons. The summed E-state index contributed by atoms with van der Waals surface area (Å²) in [5.74, 6) is 2.35. The van der Waals surface area contributed by atoms with Crippen LogP contribution < -0.4 is 15.8 Å². The van der Waals surface area contributed by atoms with Gasteiger partial charge in [0.2, 0.25) is 0 Å². The molecule has 0 amide bonds.